The molecule has 1 saturated carbocycles. The SMILES string of the molecule is OCCOCCOCCOCC1CC2C=CC1C2. The fourth-order valence-corrected chi connectivity index (χ4v) is 2.83. The molecular weight excluding hydrogens is 232 g/mol. The summed E-state index contributed by atoms with van der Waals surface area (Å²) in [6, 6.07) is 0. The molecule has 3 atom stereocenters. The minimum absolute atomic E-state index is 0.0705. The number of rotatable bonds is 10. The van der Waals surface area contributed by atoms with Gasteiger partial charge in [-0.1, -0.05) is 12.2 Å². The van der Waals surface area contributed by atoms with Crippen LogP contribution in [0.2, 0.25) is 0 Å². The lowest BCUT2D eigenvalue weighted by molar-refractivity contribution is 0.000270. The van der Waals surface area contributed by atoms with Crippen LogP contribution in [0.3, 0.4) is 0 Å². The third-order valence-electron chi connectivity index (χ3n) is 3.73. The van der Waals surface area contributed by atoms with E-state index >= 15 is 0 Å². The van der Waals surface area contributed by atoms with Crippen molar-refractivity contribution in [3.63, 3.8) is 0 Å². The molecule has 0 aromatic carbocycles. The molecule has 0 spiro atoms. The molecule has 0 radical (unpaired) electrons. The first-order valence-electron chi connectivity index (χ1n) is 6.92. The monoisotopic (exact) mass is 256 g/mol. The fourth-order valence-electron chi connectivity index (χ4n) is 2.83. The molecule has 18 heavy (non-hydrogen) atoms. The Kier molecular flexibility index (Phi) is 6.14. The Morgan fingerprint density at radius 3 is 2.22 bits per heavy atom. The summed E-state index contributed by atoms with van der Waals surface area (Å²) in [5.41, 5.74) is 0. The molecule has 0 aliphatic heterocycles. The van der Waals surface area contributed by atoms with Crippen LogP contribution in [-0.2, 0) is 14.2 Å². The maximum atomic E-state index is 8.50. The van der Waals surface area contributed by atoms with Crippen molar-refractivity contribution in [2.45, 2.75) is 12.8 Å². The topological polar surface area (TPSA) is 47.9 Å². The van der Waals surface area contributed by atoms with Crippen LogP contribution >= 0.6 is 0 Å². The van der Waals surface area contributed by atoms with Crippen molar-refractivity contribution >= 4 is 0 Å². The zero-order valence-electron chi connectivity index (χ0n) is 10.9. The summed E-state index contributed by atoms with van der Waals surface area (Å²) in [4.78, 5) is 0. The van der Waals surface area contributed by atoms with Crippen molar-refractivity contribution in [2.24, 2.45) is 17.8 Å². The van der Waals surface area contributed by atoms with Crippen LogP contribution in [0, 0.1) is 17.8 Å². The predicted molar refractivity (Wildman–Crippen MR) is 68.4 cm³/mol. The van der Waals surface area contributed by atoms with Gasteiger partial charge in [0, 0.05) is 0 Å². The van der Waals surface area contributed by atoms with Crippen molar-refractivity contribution in [3.05, 3.63) is 12.2 Å². The van der Waals surface area contributed by atoms with Crippen LogP contribution in [-0.4, -0.2) is 51.4 Å². The van der Waals surface area contributed by atoms with Gasteiger partial charge in [-0.25, -0.2) is 0 Å². The first-order valence-corrected chi connectivity index (χ1v) is 6.92. The lowest BCUT2D eigenvalue weighted by Gasteiger charge is -2.17. The zero-order chi connectivity index (χ0) is 12.6. The molecule has 0 aromatic heterocycles. The number of ether oxygens (including phenoxy) is 3. The third-order valence-corrected chi connectivity index (χ3v) is 3.73. The quantitative estimate of drug-likeness (QED) is 0.472. The molecule has 2 bridgehead atoms. The second-order valence-electron chi connectivity index (χ2n) is 5.06. The molecule has 4 heteroatoms. The Bertz CT molecular complexity index is 254. The van der Waals surface area contributed by atoms with Gasteiger partial charge in [-0.05, 0) is 30.6 Å². The van der Waals surface area contributed by atoms with Crippen molar-refractivity contribution in [1.29, 1.82) is 0 Å². The maximum Gasteiger partial charge on any atom is 0.0701 e. The minimum Gasteiger partial charge on any atom is -0.394 e. The van der Waals surface area contributed by atoms with Gasteiger partial charge in [-0.15, -0.1) is 0 Å². The van der Waals surface area contributed by atoms with Crippen molar-refractivity contribution in [2.75, 3.05) is 46.2 Å². The molecule has 0 heterocycles. The summed E-state index contributed by atoms with van der Waals surface area (Å²) in [5.74, 6) is 2.32. The van der Waals surface area contributed by atoms with Crippen LogP contribution in [0.5, 0.6) is 0 Å². The molecule has 0 saturated heterocycles. The number of fused-ring (bicyclic) bond motifs is 2. The van der Waals surface area contributed by atoms with E-state index in [0.717, 1.165) is 24.4 Å². The summed E-state index contributed by atoms with van der Waals surface area (Å²) in [7, 11) is 0. The molecular formula is C14H24O4. The van der Waals surface area contributed by atoms with E-state index in [0.29, 0.717) is 33.0 Å². The first kappa shape index (κ1) is 14.0. The van der Waals surface area contributed by atoms with Crippen molar-refractivity contribution < 1.29 is 19.3 Å². The summed E-state index contributed by atoms with van der Waals surface area (Å²) >= 11 is 0. The Balaban J connectivity index is 1.37. The van der Waals surface area contributed by atoms with Gasteiger partial charge < -0.3 is 19.3 Å². The van der Waals surface area contributed by atoms with E-state index in [9.17, 15) is 0 Å². The third kappa shape index (κ3) is 4.35. The zero-order valence-corrected chi connectivity index (χ0v) is 10.9. The predicted octanol–water partition coefficient (Wildman–Crippen LogP) is 1.24. The maximum absolute atomic E-state index is 8.50. The molecule has 104 valence electrons. The lowest BCUT2D eigenvalue weighted by atomic mass is 9.95. The fraction of sp³-hybridized carbons (Fsp3) is 0.857. The van der Waals surface area contributed by atoms with Crippen molar-refractivity contribution in [1.82, 2.24) is 0 Å². The molecule has 1 fully saturated rings. The van der Waals surface area contributed by atoms with E-state index in [1.54, 1.807) is 0 Å². The second kappa shape index (κ2) is 7.89. The summed E-state index contributed by atoms with van der Waals surface area (Å²) in [5, 5.41) is 8.50. The summed E-state index contributed by atoms with van der Waals surface area (Å²) in [6.07, 6.45) is 7.36. The molecule has 2 rings (SSSR count). The number of hydrogen-bond acceptors (Lipinski definition) is 4. The van der Waals surface area contributed by atoms with Gasteiger partial charge in [-0.3, -0.25) is 0 Å². The number of allylic oxidation sites excluding steroid dienone is 2. The largest absolute Gasteiger partial charge is 0.394 e. The highest BCUT2D eigenvalue weighted by molar-refractivity contribution is 5.09. The Labute approximate surface area is 109 Å². The summed E-state index contributed by atoms with van der Waals surface area (Å²) < 4.78 is 16.1. The number of aliphatic hydroxyl groups excluding tert-OH is 1. The highest BCUT2D eigenvalue weighted by Crippen LogP contribution is 2.43. The van der Waals surface area contributed by atoms with Gasteiger partial charge >= 0.3 is 0 Å². The van der Waals surface area contributed by atoms with E-state index in [2.05, 4.69) is 12.2 Å². The van der Waals surface area contributed by atoms with Gasteiger partial charge in [0.05, 0.1) is 46.2 Å². The minimum atomic E-state index is 0.0705. The molecule has 2 aliphatic rings. The Morgan fingerprint density at radius 1 is 0.889 bits per heavy atom. The lowest BCUT2D eigenvalue weighted by Crippen LogP contribution is -2.17. The normalized spacial score (nSPS) is 29.3. The number of hydrogen-bond donors (Lipinski definition) is 1. The standard InChI is InChI=1S/C14H24O4/c15-3-4-16-5-6-17-7-8-18-11-14-10-12-1-2-13(14)9-12/h1-2,12-15H,3-11H2. The van der Waals surface area contributed by atoms with Gasteiger partial charge in [0.1, 0.15) is 0 Å². The van der Waals surface area contributed by atoms with Gasteiger partial charge in [0.2, 0.25) is 0 Å². The first-order chi connectivity index (χ1) is 8.90. The van der Waals surface area contributed by atoms with Crippen molar-refractivity contribution in [3.8, 4) is 0 Å². The van der Waals surface area contributed by atoms with Gasteiger partial charge in [-0.2, -0.15) is 0 Å². The van der Waals surface area contributed by atoms with Crippen LogP contribution in [0.15, 0.2) is 12.2 Å². The van der Waals surface area contributed by atoms with E-state index in [1.165, 1.54) is 12.8 Å². The summed E-state index contributed by atoms with van der Waals surface area (Å²) in [6.45, 7) is 3.73. The molecule has 3 unspecified atom stereocenters. The van der Waals surface area contributed by atoms with Gasteiger partial charge in [0.15, 0.2) is 0 Å². The highest BCUT2D eigenvalue weighted by atomic mass is 16.5. The molecule has 0 amide bonds. The van der Waals surface area contributed by atoms with E-state index < -0.39 is 0 Å². The van der Waals surface area contributed by atoms with E-state index in [-0.39, 0.29) is 6.61 Å². The van der Waals surface area contributed by atoms with E-state index in [4.69, 9.17) is 19.3 Å². The number of aliphatic hydroxyl groups is 1. The van der Waals surface area contributed by atoms with Crippen LogP contribution in [0.1, 0.15) is 12.8 Å². The average Bonchev–Trinajstić information content (AvgIpc) is 2.99. The van der Waals surface area contributed by atoms with Crippen LogP contribution < -0.4 is 0 Å². The van der Waals surface area contributed by atoms with Crippen LogP contribution in [0.4, 0.5) is 0 Å². The Hall–Kier alpha value is -0.420. The molecule has 2 aliphatic carbocycles. The Morgan fingerprint density at radius 2 is 1.61 bits per heavy atom. The second-order valence-corrected chi connectivity index (χ2v) is 5.06. The molecule has 0 aromatic rings. The van der Waals surface area contributed by atoms with E-state index in [1.807, 2.05) is 0 Å². The molecule has 1 N–H and O–H groups in total. The molecule has 4 nitrogen and oxygen atoms in total. The van der Waals surface area contributed by atoms with Crippen LogP contribution in [0.25, 0.3) is 0 Å². The highest BCUT2D eigenvalue weighted by Gasteiger charge is 2.35. The smallest absolute Gasteiger partial charge is 0.0701 e. The van der Waals surface area contributed by atoms with Gasteiger partial charge in [0.25, 0.3) is 0 Å². The average molecular weight is 256 g/mol.